The third-order valence-corrected chi connectivity index (χ3v) is 3.45. The van der Waals surface area contributed by atoms with E-state index in [2.05, 4.69) is 15.9 Å². The predicted octanol–water partition coefficient (Wildman–Crippen LogP) is 2.91. The van der Waals surface area contributed by atoms with Crippen LogP contribution in [0.5, 0.6) is 0 Å². The molecular weight excluding hydrogens is 299 g/mol. The van der Waals surface area contributed by atoms with E-state index in [-0.39, 0.29) is 29.5 Å². The molecular formula is C11H9BrF3NO. The lowest BCUT2D eigenvalue weighted by Gasteiger charge is -2.16. The number of amides is 1. The third kappa shape index (κ3) is 2.31. The van der Waals surface area contributed by atoms with E-state index in [1.807, 2.05) is 0 Å². The molecule has 0 radical (unpaired) electrons. The van der Waals surface area contributed by atoms with Gasteiger partial charge in [-0.25, -0.2) is 13.2 Å². The van der Waals surface area contributed by atoms with Crippen molar-refractivity contribution in [3.63, 3.8) is 0 Å². The molecule has 0 N–H and O–H groups in total. The van der Waals surface area contributed by atoms with Crippen molar-refractivity contribution in [1.29, 1.82) is 0 Å². The first kappa shape index (κ1) is 12.4. The van der Waals surface area contributed by atoms with Crippen molar-refractivity contribution >= 4 is 21.8 Å². The second-order valence-electron chi connectivity index (χ2n) is 3.86. The van der Waals surface area contributed by atoms with Crippen molar-refractivity contribution in [3.8, 4) is 0 Å². The summed E-state index contributed by atoms with van der Waals surface area (Å²) in [5.74, 6) is -2.22. The number of benzene rings is 1. The lowest BCUT2D eigenvalue weighted by atomic mass is 10.2. The van der Waals surface area contributed by atoms with E-state index in [0.29, 0.717) is 0 Å². The Balaban J connectivity index is 2.34. The Kier molecular flexibility index (Phi) is 3.42. The fraction of sp³-hybridized carbons (Fsp3) is 0.364. The molecule has 1 fully saturated rings. The van der Waals surface area contributed by atoms with Crippen molar-refractivity contribution in [2.24, 2.45) is 0 Å². The number of hydrogen-bond donors (Lipinski definition) is 0. The third-order valence-electron chi connectivity index (χ3n) is 2.68. The number of carbonyl (C=O) groups is 1. The van der Waals surface area contributed by atoms with Crippen molar-refractivity contribution < 1.29 is 18.0 Å². The summed E-state index contributed by atoms with van der Waals surface area (Å²) in [6.45, 7) is 0.156. The molecule has 6 heteroatoms. The van der Waals surface area contributed by atoms with Crippen molar-refractivity contribution in [1.82, 2.24) is 4.90 Å². The fourth-order valence-corrected chi connectivity index (χ4v) is 2.27. The number of nitrogens with zero attached hydrogens (tertiary/aromatic N) is 1. The first-order valence-corrected chi connectivity index (χ1v) is 5.87. The van der Waals surface area contributed by atoms with E-state index in [9.17, 15) is 18.0 Å². The van der Waals surface area contributed by atoms with Crippen LogP contribution in [0, 0.1) is 11.6 Å². The first-order valence-electron chi connectivity index (χ1n) is 5.07. The van der Waals surface area contributed by atoms with Gasteiger partial charge < -0.3 is 4.90 Å². The standard InChI is InChI=1S/C11H9BrF3NO/c12-10-8(15)2-1-7(14)9(10)11(17)16-4-3-6(13)5-16/h1-2,6H,3-5H2/t6-/m0/s1. The Labute approximate surface area is 105 Å². The summed E-state index contributed by atoms with van der Waals surface area (Å²) in [4.78, 5) is 13.1. The highest BCUT2D eigenvalue weighted by Crippen LogP contribution is 2.26. The molecule has 1 aliphatic rings. The number of alkyl halides is 1. The Morgan fingerprint density at radius 3 is 2.59 bits per heavy atom. The SMILES string of the molecule is O=C(c1c(F)ccc(F)c1Br)N1CC[C@H](F)C1. The molecule has 0 unspecified atom stereocenters. The van der Waals surface area contributed by atoms with Crippen LogP contribution in [0.15, 0.2) is 16.6 Å². The lowest BCUT2D eigenvalue weighted by Crippen LogP contribution is -2.30. The molecule has 2 rings (SSSR count). The minimum Gasteiger partial charge on any atom is -0.335 e. The summed E-state index contributed by atoms with van der Waals surface area (Å²) in [7, 11) is 0. The van der Waals surface area contributed by atoms with Gasteiger partial charge in [-0.15, -0.1) is 0 Å². The van der Waals surface area contributed by atoms with Crippen LogP contribution in [0.4, 0.5) is 13.2 Å². The van der Waals surface area contributed by atoms with Gasteiger partial charge in [-0.1, -0.05) is 0 Å². The fourth-order valence-electron chi connectivity index (χ4n) is 1.78. The van der Waals surface area contributed by atoms with E-state index in [1.165, 1.54) is 4.90 Å². The number of carbonyl (C=O) groups excluding carboxylic acids is 1. The quantitative estimate of drug-likeness (QED) is 0.731. The molecule has 0 aromatic heterocycles. The monoisotopic (exact) mass is 307 g/mol. The van der Waals surface area contributed by atoms with Gasteiger partial charge in [0.15, 0.2) is 0 Å². The predicted molar refractivity (Wildman–Crippen MR) is 59.5 cm³/mol. The first-order chi connectivity index (χ1) is 8.00. The highest BCUT2D eigenvalue weighted by atomic mass is 79.9. The van der Waals surface area contributed by atoms with Crippen LogP contribution in [0.2, 0.25) is 0 Å². The highest BCUT2D eigenvalue weighted by Gasteiger charge is 2.30. The lowest BCUT2D eigenvalue weighted by molar-refractivity contribution is 0.0776. The van der Waals surface area contributed by atoms with Crippen LogP contribution in [-0.4, -0.2) is 30.1 Å². The van der Waals surface area contributed by atoms with Gasteiger partial charge in [0.05, 0.1) is 16.6 Å². The van der Waals surface area contributed by atoms with Gasteiger partial charge in [-0.3, -0.25) is 4.79 Å². The molecule has 1 amide bonds. The molecule has 1 aliphatic heterocycles. The molecule has 0 bridgehead atoms. The summed E-state index contributed by atoms with van der Waals surface area (Å²) in [5, 5.41) is 0. The minimum absolute atomic E-state index is 0.0682. The molecule has 1 aromatic rings. The molecule has 17 heavy (non-hydrogen) atoms. The van der Waals surface area contributed by atoms with Gasteiger partial charge in [0.1, 0.15) is 17.8 Å². The zero-order valence-corrected chi connectivity index (χ0v) is 10.3. The van der Waals surface area contributed by atoms with E-state index < -0.39 is 23.7 Å². The van der Waals surface area contributed by atoms with E-state index >= 15 is 0 Å². The Morgan fingerprint density at radius 2 is 2.00 bits per heavy atom. The normalized spacial score (nSPS) is 19.8. The molecule has 1 atom stereocenters. The number of likely N-dealkylation sites (tertiary alicyclic amines) is 1. The molecule has 1 saturated heterocycles. The van der Waals surface area contributed by atoms with Gasteiger partial charge >= 0.3 is 0 Å². The molecule has 0 aliphatic carbocycles. The van der Waals surface area contributed by atoms with E-state index in [0.717, 1.165) is 12.1 Å². The Morgan fingerprint density at radius 1 is 1.35 bits per heavy atom. The summed E-state index contributed by atoms with van der Waals surface area (Å²) < 4.78 is 39.5. The highest BCUT2D eigenvalue weighted by molar-refractivity contribution is 9.10. The van der Waals surface area contributed by atoms with Crippen LogP contribution in [0.1, 0.15) is 16.8 Å². The second kappa shape index (κ2) is 4.68. The van der Waals surface area contributed by atoms with Gasteiger partial charge in [-0.05, 0) is 34.5 Å². The maximum Gasteiger partial charge on any atom is 0.258 e. The summed E-state index contributed by atoms with van der Waals surface area (Å²) in [6.07, 6.45) is -0.852. The van der Waals surface area contributed by atoms with Gasteiger partial charge in [0.25, 0.3) is 5.91 Å². The Hall–Kier alpha value is -1.04. The van der Waals surface area contributed by atoms with Crippen molar-refractivity contribution in [2.45, 2.75) is 12.6 Å². The van der Waals surface area contributed by atoms with Crippen LogP contribution < -0.4 is 0 Å². The van der Waals surface area contributed by atoms with Crippen molar-refractivity contribution in [3.05, 3.63) is 33.8 Å². The molecule has 0 saturated carbocycles. The zero-order valence-electron chi connectivity index (χ0n) is 8.72. The maximum atomic E-state index is 13.5. The molecule has 2 nitrogen and oxygen atoms in total. The van der Waals surface area contributed by atoms with Gasteiger partial charge in [-0.2, -0.15) is 0 Å². The zero-order chi connectivity index (χ0) is 12.6. The van der Waals surface area contributed by atoms with Crippen LogP contribution in [-0.2, 0) is 0 Å². The van der Waals surface area contributed by atoms with E-state index in [4.69, 9.17) is 0 Å². The average Bonchev–Trinajstić information content (AvgIpc) is 2.71. The van der Waals surface area contributed by atoms with Crippen LogP contribution in [0.3, 0.4) is 0 Å². The molecule has 1 aromatic carbocycles. The Bertz CT molecular complexity index is 466. The maximum absolute atomic E-state index is 13.5. The topological polar surface area (TPSA) is 20.3 Å². The number of hydrogen-bond acceptors (Lipinski definition) is 1. The number of halogens is 4. The summed E-state index contributed by atoms with van der Waals surface area (Å²) >= 11 is 2.84. The molecule has 1 heterocycles. The van der Waals surface area contributed by atoms with Crippen LogP contribution >= 0.6 is 15.9 Å². The summed E-state index contributed by atoms with van der Waals surface area (Å²) in [6, 6.07) is 1.81. The number of rotatable bonds is 1. The summed E-state index contributed by atoms with van der Waals surface area (Å²) in [5.41, 5.74) is -0.376. The second-order valence-corrected chi connectivity index (χ2v) is 4.65. The molecule has 92 valence electrons. The van der Waals surface area contributed by atoms with Crippen LogP contribution in [0.25, 0.3) is 0 Å². The molecule has 0 spiro atoms. The van der Waals surface area contributed by atoms with Gasteiger partial charge in [0.2, 0.25) is 0 Å². The average molecular weight is 308 g/mol. The smallest absolute Gasteiger partial charge is 0.258 e. The van der Waals surface area contributed by atoms with Crippen molar-refractivity contribution in [2.75, 3.05) is 13.1 Å². The van der Waals surface area contributed by atoms with E-state index in [1.54, 1.807) is 0 Å². The largest absolute Gasteiger partial charge is 0.335 e. The minimum atomic E-state index is -1.09. The van der Waals surface area contributed by atoms with Gasteiger partial charge in [0, 0.05) is 6.54 Å².